The van der Waals surface area contributed by atoms with E-state index in [2.05, 4.69) is 39.3 Å². The van der Waals surface area contributed by atoms with Crippen LogP contribution in [0.15, 0.2) is 18.2 Å². The maximum absolute atomic E-state index is 6.12. The Labute approximate surface area is 103 Å². The highest BCUT2D eigenvalue weighted by Crippen LogP contribution is 2.25. The van der Waals surface area contributed by atoms with Gasteiger partial charge in [0.15, 0.2) is 0 Å². The quantitative estimate of drug-likeness (QED) is 0.818. The largest absolute Gasteiger partial charge is 0.380 e. The van der Waals surface area contributed by atoms with Gasteiger partial charge in [0, 0.05) is 16.2 Å². The summed E-state index contributed by atoms with van der Waals surface area (Å²) in [5.41, 5.74) is 1.04. The molecular formula is C10H12ClIN2. The molecule has 0 radical (unpaired) electrons. The number of hydrogen-bond acceptors (Lipinski definition) is 2. The smallest absolute Gasteiger partial charge is 0.0648 e. The fraction of sp³-hybridized carbons (Fsp3) is 0.400. The Morgan fingerprint density at radius 3 is 3.00 bits per heavy atom. The molecule has 0 aromatic heterocycles. The molecular weight excluding hydrogens is 310 g/mol. The molecule has 2 N–H and O–H groups in total. The summed E-state index contributed by atoms with van der Waals surface area (Å²) in [4.78, 5) is 0. The first kappa shape index (κ1) is 10.5. The SMILES string of the molecule is Clc1cc(I)ccc1NC1CCNC1. The van der Waals surface area contributed by atoms with Crippen LogP contribution < -0.4 is 10.6 Å². The first-order chi connectivity index (χ1) is 6.75. The van der Waals surface area contributed by atoms with Crippen LogP contribution in [0.3, 0.4) is 0 Å². The van der Waals surface area contributed by atoms with Crippen LogP contribution in [0, 0.1) is 3.57 Å². The van der Waals surface area contributed by atoms with Gasteiger partial charge in [-0.15, -0.1) is 0 Å². The third kappa shape index (κ3) is 2.52. The predicted octanol–water partition coefficient (Wildman–Crippen LogP) is 2.72. The first-order valence-corrected chi connectivity index (χ1v) is 6.13. The van der Waals surface area contributed by atoms with Crippen LogP contribution in [0.5, 0.6) is 0 Å². The summed E-state index contributed by atoms with van der Waals surface area (Å²) in [7, 11) is 0. The van der Waals surface area contributed by atoms with Gasteiger partial charge in [-0.3, -0.25) is 0 Å². The van der Waals surface area contributed by atoms with Gasteiger partial charge < -0.3 is 10.6 Å². The molecule has 1 aromatic rings. The van der Waals surface area contributed by atoms with Crippen molar-refractivity contribution in [2.75, 3.05) is 18.4 Å². The normalized spacial score (nSPS) is 21.1. The van der Waals surface area contributed by atoms with Crippen LogP contribution in [0.4, 0.5) is 5.69 Å². The second-order valence-corrected chi connectivity index (χ2v) is 5.11. The fourth-order valence-electron chi connectivity index (χ4n) is 1.60. The lowest BCUT2D eigenvalue weighted by Gasteiger charge is -2.14. The Morgan fingerprint density at radius 1 is 1.50 bits per heavy atom. The van der Waals surface area contributed by atoms with Gasteiger partial charge in [-0.2, -0.15) is 0 Å². The van der Waals surface area contributed by atoms with Crippen molar-refractivity contribution in [1.29, 1.82) is 0 Å². The zero-order chi connectivity index (χ0) is 9.97. The fourth-order valence-corrected chi connectivity index (χ4v) is 2.51. The molecule has 2 nitrogen and oxygen atoms in total. The van der Waals surface area contributed by atoms with Crippen molar-refractivity contribution >= 4 is 39.9 Å². The number of halogens is 2. The molecule has 1 atom stereocenters. The van der Waals surface area contributed by atoms with Crippen LogP contribution in [0.25, 0.3) is 0 Å². The molecule has 0 aliphatic carbocycles. The topological polar surface area (TPSA) is 24.1 Å². The van der Waals surface area contributed by atoms with Crippen molar-refractivity contribution in [3.63, 3.8) is 0 Å². The van der Waals surface area contributed by atoms with Crippen molar-refractivity contribution < 1.29 is 0 Å². The Hall–Kier alpha value is -0.000000000000000132. The molecule has 4 heteroatoms. The summed E-state index contributed by atoms with van der Waals surface area (Å²) in [5, 5.41) is 7.56. The Balaban J connectivity index is 2.08. The van der Waals surface area contributed by atoms with E-state index in [4.69, 9.17) is 11.6 Å². The van der Waals surface area contributed by atoms with Gasteiger partial charge in [-0.25, -0.2) is 0 Å². The van der Waals surface area contributed by atoms with Gasteiger partial charge in [-0.05, 0) is 53.8 Å². The lowest BCUT2D eigenvalue weighted by atomic mass is 10.2. The summed E-state index contributed by atoms with van der Waals surface area (Å²) in [6.07, 6.45) is 1.17. The van der Waals surface area contributed by atoms with E-state index in [0.29, 0.717) is 6.04 Å². The van der Waals surface area contributed by atoms with Crippen molar-refractivity contribution in [3.8, 4) is 0 Å². The van der Waals surface area contributed by atoms with Crippen LogP contribution in [-0.4, -0.2) is 19.1 Å². The second kappa shape index (κ2) is 4.68. The van der Waals surface area contributed by atoms with E-state index in [9.17, 15) is 0 Å². The zero-order valence-corrected chi connectivity index (χ0v) is 10.6. The van der Waals surface area contributed by atoms with Crippen LogP contribution in [-0.2, 0) is 0 Å². The van der Waals surface area contributed by atoms with Crippen LogP contribution >= 0.6 is 34.2 Å². The molecule has 1 unspecified atom stereocenters. The standard InChI is InChI=1S/C10H12ClIN2/c11-9-5-7(12)1-2-10(9)14-8-3-4-13-6-8/h1-2,5,8,13-14H,3-4,6H2. The summed E-state index contributed by atoms with van der Waals surface area (Å²) in [5.74, 6) is 0. The monoisotopic (exact) mass is 322 g/mol. The maximum Gasteiger partial charge on any atom is 0.0648 e. The van der Waals surface area contributed by atoms with Gasteiger partial charge in [0.1, 0.15) is 0 Å². The molecule has 0 bridgehead atoms. The van der Waals surface area contributed by atoms with E-state index in [1.54, 1.807) is 0 Å². The zero-order valence-electron chi connectivity index (χ0n) is 7.69. The highest BCUT2D eigenvalue weighted by atomic mass is 127. The number of rotatable bonds is 2. The molecule has 76 valence electrons. The van der Waals surface area contributed by atoms with E-state index in [-0.39, 0.29) is 0 Å². The summed E-state index contributed by atoms with van der Waals surface area (Å²) >= 11 is 8.38. The van der Waals surface area contributed by atoms with E-state index < -0.39 is 0 Å². The van der Waals surface area contributed by atoms with Crippen molar-refractivity contribution in [2.45, 2.75) is 12.5 Å². The molecule has 1 heterocycles. The minimum absolute atomic E-state index is 0.521. The number of hydrogen-bond donors (Lipinski definition) is 2. The number of anilines is 1. The summed E-state index contributed by atoms with van der Waals surface area (Å²) in [6, 6.07) is 6.61. The lowest BCUT2D eigenvalue weighted by Crippen LogP contribution is -2.22. The number of benzene rings is 1. The first-order valence-electron chi connectivity index (χ1n) is 4.68. The van der Waals surface area contributed by atoms with Crippen molar-refractivity contribution in [1.82, 2.24) is 5.32 Å². The van der Waals surface area contributed by atoms with Gasteiger partial charge in [-0.1, -0.05) is 11.6 Å². The average Bonchev–Trinajstić information content (AvgIpc) is 2.62. The summed E-state index contributed by atoms with van der Waals surface area (Å²) in [6.45, 7) is 2.13. The molecule has 14 heavy (non-hydrogen) atoms. The minimum Gasteiger partial charge on any atom is -0.380 e. The Bertz CT molecular complexity index is 324. The number of nitrogens with one attached hydrogen (secondary N) is 2. The molecule has 1 aliphatic rings. The van der Waals surface area contributed by atoms with Gasteiger partial charge in [0.2, 0.25) is 0 Å². The van der Waals surface area contributed by atoms with Crippen LogP contribution in [0.2, 0.25) is 5.02 Å². The van der Waals surface area contributed by atoms with Crippen LogP contribution in [0.1, 0.15) is 6.42 Å². The molecule has 1 aromatic carbocycles. The highest BCUT2D eigenvalue weighted by molar-refractivity contribution is 14.1. The van der Waals surface area contributed by atoms with Gasteiger partial charge in [0.25, 0.3) is 0 Å². The van der Waals surface area contributed by atoms with Crippen molar-refractivity contribution in [3.05, 3.63) is 26.8 Å². The summed E-state index contributed by atoms with van der Waals surface area (Å²) < 4.78 is 1.17. The lowest BCUT2D eigenvalue weighted by molar-refractivity contribution is 0.793. The highest BCUT2D eigenvalue weighted by Gasteiger charge is 2.14. The Morgan fingerprint density at radius 2 is 2.36 bits per heavy atom. The second-order valence-electron chi connectivity index (χ2n) is 3.46. The van der Waals surface area contributed by atoms with E-state index in [1.807, 2.05) is 12.1 Å². The van der Waals surface area contributed by atoms with Gasteiger partial charge >= 0.3 is 0 Å². The average molecular weight is 323 g/mol. The molecule has 2 rings (SSSR count). The minimum atomic E-state index is 0.521. The predicted molar refractivity (Wildman–Crippen MR) is 69.1 cm³/mol. The molecule has 0 spiro atoms. The van der Waals surface area contributed by atoms with E-state index in [1.165, 1.54) is 9.99 Å². The Kier molecular flexibility index (Phi) is 3.52. The maximum atomic E-state index is 6.12. The molecule has 0 saturated carbocycles. The van der Waals surface area contributed by atoms with Gasteiger partial charge in [0.05, 0.1) is 10.7 Å². The molecule has 1 saturated heterocycles. The van der Waals surface area contributed by atoms with E-state index >= 15 is 0 Å². The van der Waals surface area contributed by atoms with Crippen molar-refractivity contribution in [2.24, 2.45) is 0 Å². The third-order valence-corrected chi connectivity index (χ3v) is 3.33. The van der Waals surface area contributed by atoms with E-state index in [0.717, 1.165) is 23.8 Å². The molecule has 1 aliphatic heterocycles. The molecule has 0 amide bonds. The molecule has 1 fully saturated rings. The third-order valence-electron chi connectivity index (χ3n) is 2.35.